The lowest BCUT2D eigenvalue weighted by atomic mass is 10.2. The van der Waals surface area contributed by atoms with Crippen LogP contribution in [-0.2, 0) is 19.4 Å². The van der Waals surface area contributed by atoms with E-state index < -0.39 is 32.9 Å². The molecule has 1 aromatic rings. The first kappa shape index (κ1) is 21.3. The van der Waals surface area contributed by atoms with Gasteiger partial charge in [-0.25, -0.2) is 8.42 Å². The standard InChI is InChI=1S/C20H22N2O5S2/c1-2-21(16-11-12-29(26,27)14-16)18(23)13-22-19(24)17(28-20(22)25)10-6-9-15-7-4-3-5-8-15/h3-10,16H,2,11-14H2,1H3/b9-6+,17-10+. The minimum atomic E-state index is -3.14. The van der Waals surface area contributed by atoms with Gasteiger partial charge < -0.3 is 4.90 Å². The second kappa shape index (κ2) is 8.96. The average Bonchev–Trinajstić information content (AvgIpc) is 3.17. The number of nitrogens with zero attached hydrogens (tertiary/aromatic N) is 2. The summed E-state index contributed by atoms with van der Waals surface area (Å²) in [6, 6.07) is 9.12. The van der Waals surface area contributed by atoms with Gasteiger partial charge in [-0.3, -0.25) is 19.3 Å². The normalized spacial score (nSPS) is 22.7. The fourth-order valence-corrected chi connectivity index (χ4v) is 5.87. The third-order valence-corrected chi connectivity index (χ3v) is 7.49. The predicted octanol–water partition coefficient (Wildman–Crippen LogP) is 2.31. The quantitative estimate of drug-likeness (QED) is 0.638. The van der Waals surface area contributed by atoms with E-state index in [1.165, 1.54) is 4.90 Å². The van der Waals surface area contributed by atoms with Crippen molar-refractivity contribution in [2.45, 2.75) is 19.4 Å². The van der Waals surface area contributed by atoms with Gasteiger partial charge in [0.1, 0.15) is 6.54 Å². The van der Waals surface area contributed by atoms with Gasteiger partial charge in [0.15, 0.2) is 9.84 Å². The molecule has 3 rings (SSSR count). The number of carbonyl (C=O) groups is 3. The molecule has 1 atom stereocenters. The molecule has 2 fully saturated rings. The third kappa shape index (κ3) is 5.16. The summed E-state index contributed by atoms with van der Waals surface area (Å²) in [4.78, 5) is 40.1. The molecule has 0 saturated carbocycles. The van der Waals surface area contributed by atoms with Gasteiger partial charge in [-0.2, -0.15) is 0 Å². The van der Waals surface area contributed by atoms with Crippen LogP contribution < -0.4 is 0 Å². The van der Waals surface area contributed by atoms with Gasteiger partial charge in [0, 0.05) is 12.6 Å². The van der Waals surface area contributed by atoms with Crippen molar-refractivity contribution in [2.24, 2.45) is 0 Å². The summed E-state index contributed by atoms with van der Waals surface area (Å²) in [5.41, 5.74) is 0.961. The fraction of sp³-hybridized carbons (Fsp3) is 0.350. The van der Waals surface area contributed by atoms with E-state index in [2.05, 4.69) is 0 Å². The van der Waals surface area contributed by atoms with Crippen molar-refractivity contribution in [3.8, 4) is 0 Å². The number of thioether (sulfide) groups is 1. The van der Waals surface area contributed by atoms with Crippen molar-refractivity contribution >= 4 is 44.7 Å². The number of sulfone groups is 1. The van der Waals surface area contributed by atoms with Gasteiger partial charge in [-0.15, -0.1) is 0 Å². The highest BCUT2D eigenvalue weighted by molar-refractivity contribution is 8.18. The van der Waals surface area contributed by atoms with Crippen molar-refractivity contribution < 1.29 is 22.8 Å². The Morgan fingerprint density at radius 2 is 2.00 bits per heavy atom. The molecule has 1 aromatic carbocycles. The summed E-state index contributed by atoms with van der Waals surface area (Å²) in [6.45, 7) is 1.70. The summed E-state index contributed by atoms with van der Waals surface area (Å²) >= 11 is 0.791. The highest BCUT2D eigenvalue weighted by atomic mass is 32.2. The van der Waals surface area contributed by atoms with Crippen LogP contribution >= 0.6 is 11.8 Å². The number of hydrogen-bond acceptors (Lipinski definition) is 6. The molecule has 0 bridgehead atoms. The monoisotopic (exact) mass is 434 g/mol. The molecule has 3 amide bonds. The fourth-order valence-electron chi connectivity index (χ4n) is 3.35. The third-order valence-electron chi connectivity index (χ3n) is 4.81. The minimum Gasteiger partial charge on any atom is -0.337 e. The summed E-state index contributed by atoms with van der Waals surface area (Å²) in [7, 11) is -3.14. The number of hydrogen-bond donors (Lipinski definition) is 0. The van der Waals surface area contributed by atoms with E-state index in [4.69, 9.17) is 0 Å². The molecule has 2 saturated heterocycles. The van der Waals surface area contributed by atoms with Crippen molar-refractivity contribution in [3.63, 3.8) is 0 Å². The number of imide groups is 1. The van der Waals surface area contributed by atoms with Crippen LogP contribution in [0.2, 0.25) is 0 Å². The van der Waals surface area contributed by atoms with Gasteiger partial charge in [0.05, 0.1) is 16.4 Å². The second-order valence-electron chi connectivity index (χ2n) is 6.80. The molecule has 29 heavy (non-hydrogen) atoms. The van der Waals surface area contributed by atoms with Crippen LogP contribution in [0.3, 0.4) is 0 Å². The SMILES string of the molecule is CCN(C(=O)CN1C(=O)S/C(=C/C=C/c2ccccc2)C1=O)C1CCS(=O)(=O)C1. The highest BCUT2D eigenvalue weighted by Gasteiger charge is 2.39. The number of amides is 3. The van der Waals surface area contributed by atoms with E-state index in [9.17, 15) is 22.8 Å². The molecule has 2 aliphatic rings. The molecule has 2 aliphatic heterocycles. The van der Waals surface area contributed by atoms with E-state index in [-0.39, 0.29) is 23.0 Å². The maximum atomic E-state index is 12.7. The van der Waals surface area contributed by atoms with E-state index in [1.807, 2.05) is 36.4 Å². The van der Waals surface area contributed by atoms with Gasteiger partial charge >= 0.3 is 0 Å². The summed E-state index contributed by atoms with van der Waals surface area (Å²) in [5, 5.41) is -0.502. The Labute approximate surface area is 174 Å². The lowest BCUT2D eigenvalue weighted by molar-refractivity contribution is -0.137. The molecule has 1 unspecified atom stereocenters. The lowest BCUT2D eigenvalue weighted by Gasteiger charge is -2.28. The number of allylic oxidation sites excluding steroid dienone is 2. The first-order chi connectivity index (χ1) is 13.8. The van der Waals surface area contributed by atoms with Crippen molar-refractivity contribution in [3.05, 3.63) is 53.0 Å². The van der Waals surface area contributed by atoms with Crippen LogP contribution in [0.1, 0.15) is 18.9 Å². The first-order valence-corrected chi connectivity index (χ1v) is 11.9. The average molecular weight is 435 g/mol. The molecule has 0 radical (unpaired) electrons. The lowest BCUT2D eigenvalue weighted by Crippen LogP contribution is -2.47. The van der Waals surface area contributed by atoms with Crippen LogP contribution in [0.15, 0.2) is 47.4 Å². The molecule has 154 valence electrons. The predicted molar refractivity (Wildman–Crippen MR) is 113 cm³/mol. The Morgan fingerprint density at radius 1 is 1.28 bits per heavy atom. The molecule has 0 spiro atoms. The zero-order chi connectivity index (χ0) is 21.0. The molecule has 0 N–H and O–H groups in total. The number of rotatable bonds is 6. The topological polar surface area (TPSA) is 91.8 Å². The maximum absolute atomic E-state index is 12.7. The minimum absolute atomic E-state index is 0.0551. The van der Waals surface area contributed by atoms with E-state index in [1.54, 1.807) is 19.1 Å². The van der Waals surface area contributed by atoms with E-state index >= 15 is 0 Å². The summed E-state index contributed by atoms with van der Waals surface area (Å²) in [6.07, 6.45) is 5.45. The second-order valence-corrected chi connectivity index (χ2v) is 10.0. The zero-order valence-corrected chi connectivity index (χ0v) is 17.6. The van der Waals surface area contributed by atoms with Crippen molar-refractivity contribution in [2.75, 3.05) is 24.6 Å². The molecule has 9 heteroatoms. The largest absolute Gasteiger partial charge is 0.337 e. The molecular weight excluding hydrogens is 412 g/mol. The first-order valence-electron chi connectivity index (χ1n) is 9.27. The Bertz CT molecular complexity index is 970. The molecule has 2 heterocycles. The summed E-state index contributed by atoms with van der Waals surface area (Å²) < 4.78 is 23.4. The maximum Gasteiger partial charge on any atom is 0.294 e. The van der Waals surface area contributed by atoms with Gasteiger partial charge in [-0.1, -0.05) is 42.5 Å². The Kier molecular flexibility index (Phi) is 6.59. The van der Waals surface area contributed by atoms with Crippen LogP contribution in [0, 0.1) is 0 Å². The van der Waals surface area contributed by atoms with Crippen LogP contribution in [0.5, 0.6) is 0 Å². The number of carbonyl (C=O) groups excluding carboxylic acids is 3. The molecule has 7 nitrogen and oxygen atoms in total. The Balaban J connectivity index is 1.65. The Morgan fingerprint density at radius 3 is 2.62 bits per heavy atom. The van der Waals surface area contributed by atoms with Crippen molar-refractivity contribution in [1.82, 2.24) is 9.80 Å². The highest BCUT2D eigenvalue weighted by Crippen LogP contribution is 2.31. The molecule has 0 aliphatic carbocycles. The molecular formula is C20H22N2O5S2. The molecule has 0 aromatic heterocycles. The van der Waals surface area contributed by atoms with Gasteiger partial charge in [0.25, 0.3) is 11.1 Å². The zero-order valence-electron chi connectivity index (χ0n) is 16.0. The Hall–Kier alpha value is -2.39. The number of benzene rings is 1. The number of likely N-dealkylation sites (N-methyl/N-ethyl adjacent to an activating group) is 1. The van der Waals surface area contributed by atoms with Crippen molar-refractivity contribution in [1.29, 1.82) is 0 Å². The smallest absolute Gasteiger partial charge is 0.294 e. The van der Waals surface area contributed by atoms with E-state index in [0.29, 0.717) is 13.0 Å². The van der Waals surface area contributed by atoms with Crippen LogP contribution in [0.4, 0.5) is 4.79 Å². The van der Waals surface area contributed by atoms with Crippen LogP contribution in [-0.4, -0.2) is 65.9 Å². The van der Waals surface area contributed by atoms with Crippen LogP contribution in [0.25, 0.3) is 6.08 Å². The summed E-state index contributed by atoms with van der Waals surface area (Å²) in [5.74, 6) is -0.947. The van der Waals surface area contributed by atoms with Gasteiger partial charge in [0.2, 0.25) is 5.91 Å². The van der Waals surface area contributed by atoms with Gasteiger partial charge in [-0.05, 0) is 36.7 Å². The van der Waals surface area contributed by atoms with E-state index in [0.717, 1.165) is 22.2 Å².